The van der Waals surface area contributed by atoms with E-state index in [1.807, 2.05) is 31.2 Å². The molecule has 0 atom stereocenters. The number of nitrogens with one attached hydrogen (secondary N) is 1. The Morgan fingerprint density at radius 3 is 2.84 bits per heavy atom. The Morgan fingerprint density at radius 2 is 2.11 bits per heavy atom. The van der Waals surface area contributed by atoms with Crippen LogP contribution in [0.25, 0.3) is 0 Å². The number of nitrogens with zero attached hydrogens (tertiary/aromatic N) is 2. The number of aromatic nitrogens is 2. The van der Waals surface area contributed by atoms with Crippen molar-refractivity contribution in [2.45, 2.75) is 13.3 Å². The maximum absolute atomic E-state index is 5.81. The van der Waals surface area contributed by atoms with E-state index in [4.69, 9.17) is 16.3 Å². The van der Waals surface area contributed by atoms with Gasteiger partial charge in [-0.3, -0.25) is 0 Å². The van der Waals surface area contributed by atoms with Gasteiger partial charge in [0.25, 0.3) is 0 Å². The molecule has 0 aliphatic rings. The zero-order chi connectivity index (χ0) is 13.7. The summed E-state index contributed by atoms with van der Waals surface area (Å²) >= 11 is 5.81. The lowest BCUT2D eigenvalue weighted by atomic mass is 10.1. The van der Waals surface area contributed by atoms with E-state index >= 15 is 0 Å². The number of ether oxygens (including phenoxy) is 1. The van der Waals surface area contributed by atoms with Gasteiger partial charge < -0.3 is 10.1 Å². The van der Waals surface area contributed by atoms with Gasteiger partial charge >= 0.3 is 0 Å². The van der Waals surface area contributed by atoms with Crippen LogP contribution in [0.1, 0.15) is 11.3 Å². The van der Waals surface area contributed by atoms with Gasteiger partial charge in [-0.2, -0.15) is 0 Å². The molecule has 0 radical (unpaired) electrons. The lowest BCUT2D eigenvalue weighted by molar-refractivity contribution is 0.414. The van der Waals surface area contributed by atoms with Gasteiger partial charge in [-0.05, 0) is 42.6 Å². The number of aryl methyl sites for hydroxylation is 1. The molecule has 1 heterocycles. The smallest absolute Gasteiger partial charge is 0.224 e. The van der Waals surface area contributed by atoms with Gasteiger partial charge in [0.1, 0.15) is 11.6 Å². The van der Waals surface area contributed by atoms with E-state index in [2.05, 4.69) is 21.4 Å². The first kappa shape index (κ1) is 13.6. The highest BCUT2D eigenvalue weighted by molar-refractivity contribution is 6.28. The summed E-state index contributed by atoms with van der Waals surface area (Å²) in [5.41, 5.74) is 2.06. The Morgan fingerprint density at radius 1 is 1.26 bits per heavy atom. The summed E-state index contributed by atoms with van der Waals surface area (Å²) in [5, 5.41) is 3.50. The highest BCUT2D eigenvalue weighted by Gasteiger charge is 2.00. The van der Waals surface area contributed by atoms with Crippen molar-refractivity contribution in [3.05, 3.63) is 46.9 Å². The fourth-order valence-electron chi connectivity index (χ4n) is 1.79. The van der Waals surface area contributed by atoms with Crippen LogP contribution in [0, 0.1) is 6.92 Å². The number of halogens is 1. The van der Waals surface area contributed by atoms with Gasteiger partial charge in [-0.25, -0.2) is 9.97 Å². The molecule has 0 saturated heterocycles. The summed E-state index contributed by atoms with van der Waals surface area (Å²) in [6.07, 6.45) is 0.887. The summed E-state index contributed by atoms with van der Waals surface area (Å²) in [7, 11) is 1.67. The second-order valence-corrected chi connectivity index (χ2v) is 4.53. The van der Waals surface area contributed by atoms with Gasteiger partial charge in [0.15, 0.2) is 0 Å². The minimum atomic E-state index is 0.267. The summed E-state index contributed by atoms with van der Waals surface area (Å²) in [4.78, 5) is 8.14. The van der Waals surface area contributed by atoms with E-state index < -0.39 is 0 Å². The van der Waals surface area contributed by atoms with Crippen molar-refractivity contribution in [2.75, 3.05) is 19.0 Å². The highest BCUT2D eigenvalue weighted by Crippen LogP contribution is 2.14. The van der Waals surface area contributed by atoms with Crippen LogP contribution in [0.4, 0.5) is 5.82 Å². The molecular weight excluding hydrogens is 262 g/mol. The topological polar surface area (TPSA) is 47.0 Å². The van der Waals surface area contributed by atoms with Crippen molar-refractivity contribution in [1.82, 2.24) is 9.97 Å². The second-order valence-electron chi connectivity index (χ2n) is 4.19. The van der Waals surface area contributed by atoms with E-state index in [0.29, 0.717) is 0 Å². The maximum atomic E-state index is 5.81. The average molecular weight is 278 g/mol. The molecule has 0 unspecified atom stereocenters. The average Bonchev–Trinajstić information content (AvgIpc) is 2.38. The van der Waals surface area contributed by atoms with Crippen LogP contribution in [0.15, 0.2) is 30.3 Å². The zero-order valence-corrected chi connectivity index (χ0v) is 11.7. The molecule has 0 bridgehead atoms. The minimum Gasteiger partial charge on any atom is -0.497 e. The van der Waals surface area contributed by atoms with Gasteiger partial charge in [0.2, 0.25) is 5.28 Å². The summed E-state index contributed by atoms with van der Waals surface area (Å²) in [5.74, 6) is 1.62. The molecule has 0 aliphatic heterocycles. The van der Waals surface area contributed by atoms with Gasteiger partial charge in [-0.15, -0.1) is 0 Å². The van der Waals surface area contributed by atoms with Crippen LogP contribution < -0.4 is 10.1 Å². The first-order valence-electron chi connectivity index (χ1n) is 6.05. The number of benzene rings is 1. The van der Waals surface area contributed by atoms with E-state index in [1.165, 1.54) is 5.56 Å². The number of rotatable bonds is 5. The highest BCUT2D eigenvalue weighted by atomic mass is 35.5. The molecular formula is C14H16ClN3O. The number of methoxy groups -OCH3 is 1. The Balaban J connectivity index is 1.92. The largest absolute Gasteiger partial charge is 0.497 e. The predicted molar refractivity (Wildman–Crippen MR) is 77.0 cm³/mol. The van der Waals surface area contributed by atoms with Crippen molar-refractivity contribution in [3.8, 4) is 5.75 Å². The summed E-state index contributed by atoms with van der Waals surface area (Å²) in [6, 6.07) is 9.89. The normalized spacial score (nSPS) is 10.3. The van der Waals surface area contributed by atoms with E-state index in [-0.39, 0.29) is 5.28 Å². The molecule has 1 N–H and O–H groups in total. The van der Waals surface area contributed by atoms with Crippen LogP contribution in [0.2, 0.25) is 5.28 Å². The van der Waals surface area contributed by atoms with Crippen molar-refractivity contribution >= 4 is 17.4 Å². The maximum Gasteiger partial charge on any atom is 0.224 e. The minimum absolute atomic E-state index is 0.267. The van der Waals surface area contributed by atoms with Crippen molar-refractivity contribution in [3.63, 3.8) is 0 Å². The Labute approximate surface area is 117 Å². The molecule has 1 aromatic heterocycles. The Hall–Kier alpha value is -1.81. The van der Waals surface area contributed by atoms with Gasteiger partial charge in [-0.1, -0.05) is 12.1 Å². The van der Waals surface area contributed by atoms with Gasteiger partial charge in [0.05, 0.1) is 7.11 Å². The number of anilines is 1. The molecule has 0 spiro atoms. The first-order chi connectivity index (χ1) is 9.17. The SMILES string of the molecule is COc1cccc(CCNc2cc(C)nc(Cl)n2)c1. The van der Waals surface area contributed by atoms with Crippen LogP contribution in [0.3, 0.4) is 0 Å². The fourth-order valence-corrected chi connectivity index (χ4v) is 2.01. The third-order valence-corrected chi connectivity index (χ3v) is 2.85. The van der Waals surface area contributed by atoms with Crippen molar-refractivity contribution < 1.29 is 4.74 Å². The molecule has 100 valence electrons. The molecule has 2 rings (SSSR count). The molecule has 1 aromatic carbocycles. The standard InChI is InChI=1S/C14H16ClN3O/c1-10-8-13(18-14(15)17-10)16-7-6-11-4-3-5-12(9-11)19-2/h3-5,8-9H,6-7H2,1-2H3,(H,16,17,18). The molecule has 2 aromatic rings. The lowest BCUT2D eigenvalue weighted by Gasteiger charge is -2.07. The monoisotopic (exact) mass is 277 g/mol. The van der Waals surface area contributed by atoms with E-state index in [1.54, 1.807) is 7.11 Å². The van der Waals surface area contributed by atoms with Crippen LogP contribution in [-0.4, -0.2) is 23.6 Å². The Kier molecular flexibility index (Phi) is 4.58. The Bertz CT molecular complexity index is 540. The van der Waals surface area contributed by atoms with Crippen LogP contribution >= 0.6 is 11.6 Å². The predicted octanol–water partition coefficient (Wildman–Crippen LogP) is 3.10. The molecule has 4 nitrogen and oxygen atoms in total. The van der Waals surface area contributed by atoms with Crippen LogP contribution in [0.5, 0.6) is 5.75 Å². The second kappa shape index (κ2) is 6.38. The fraction of sp³-hybridized carbons (Fsp3) is 0.286. The molecule has 0 fully saturated rings. The van der Waals surface area contributed by atoms with E-state index in [9.17, 15) is 0 Å². The zero-order valence-electron chi connectivity index (χ0n) is 11.0. The molecule has 0 aliphatic carbocycles. The van der Waals surface area contributed by atoms with Crippen LogP contribution in [-0.2, 0) is 6.42 Å². The third kappa shape index (κ3) is 4.10. The first-order valence-corrected chi connectivity index (χ1v) is 6.43. The van der Waals surface area contributed by atoms with E-state index in [0.717, 1.165) is 30.2 Å². The van der Waals surface area contributed by atoms with Crippen molar-refractivity contribution in [1.29, 1.82) is 0 Å². The molecule has 5 heteroatoms. The number of hydrogen-bond donors (Lipinski definition) is 1. The molecule has 19 heavy (non-hydrogen) atoms. The number of hydrogen-bond acceptors (Lipinski definition) is 4. The summed E-state index contributed by atoms with van der Waals surface area (Å²) in [6.45, 7) is 2.67. The molecule has 0 saturated carbocycles. The quantitative estimate of drug-likeness (QED) is 0.853. The third-order valence-electron chi connectivity index (χ3n) is 2.68. The van der Waals surface area contributed by atoms with Gasteiger partial charge in [0, 0.05) is 18.3 Å². The summed E-state index contributed by atoms with van der Waals surface area (Å²) < 4.78 is 5.19. The lowest BCUT2D eigenvalue weighted by Crippen LogP contribution is -2.07. The molecule has 0 amide bonds. The van der Waals surface area contributed by atoms with Crippen molar-refractivity contribution in [2.24, 2.45) is 0 Å².